The van der Waals surface area contributed by atoms with Gasteiger partial charge < -0.3 is 14.9 Å². The van der Waals surface area contributed by atoms with Crippen molar-refractivity contribution >= 4 is 17.5 Å². The lowest BCUT2D eigenvalue weighted by Gasteiger charge is -2.50. The Kier molecular flexibility index (Phi) is 5.01. The van der Waals surface area contributed by atoms with Crippen LogP contribution in [0, 0.1) is 35.0 Å². The third-order valence-electron chi connectivity index (χ3n) is 8.90. The van der Waals surface area contributed by atoms with E-state index in [9.17, 15) is 24.6 Å². The molecule has 4 aliphatic rings. The Bertz CT molecular complexity index is 957. The molecule has 0 spiro atoms. The molecule has 0 radical (unpaired) electrons. The molecule has 0 amide bonds. The van der Waals surface area contributed by atoms with Crippen LogP contribution < -0.4 is 0 Å². The fourth-order valence-electron chi connectivity index (χ4n) is 7.23. The summed E-state index contributed by atoms with van der Waals surface area (Å²) in [5.74, 6) is -2.72. The molecule has 6 heteroatoms. The molecule has 2 N–H and O–H groups in total. The topological polar surface area (TPSA) is 101 Å². The lowest BCUT2D eigenvalue weighted by atomic mass is 9.60. The number of fused-ring (bicyclic) bond motifs is 5. The van der Waals surface area contributed by atoms with Crippen LogP contribution in [-0.4, -0.2) is 44.6 Å². The van der Waals surface area contributed by atoms with Crippen LogP contribution in [0.1, 0.15) is 67.7 Å². The van der Waals surface area contributed by atoms with Crippen LogP contribution in [0.2, 0.25) is 0 Å². The zero-order chi connectivity index (χ0) is 24.0. The molecule has 0 bridgehead atoms. The summed E-state index contributed by atoms with van der Waals surface area (Å²) < 4.78 is 6.14. The molecule has 176 valence electrons. The molecule has 2 fully saturated rings. The number of ether oxygens (including phenoxy) is 1. The molecule has 0 unspecified atom stereocenters. The van der Waals surface area contributed by atoms with Gasteiger partial charge in [-0.15, -0.1) is 0 Å². The molecule has 4 aliphatic carbocycles. The smallest absolute Gasteiger partial charge is 0.308 e. The SMILES string of the molecule is CC(=O)CC1=C[C@H]2[C@@H]3C(C)(C)[C@]3(OC(=O)C(C)C)C[C@@H](C)[C@]2(O)[C@@H]2C=C(C)C(=O)[C@@]2(O)C1. The predicted octanol–water partition coefficient (Wildman–Crippen LogP) is 3.15. The van der Waals surface area contributed by atoms with E-state index in [4.69, 9.17) is 4.74 Å². The van der Waals surface area contributed by atoms with Crippen molar-refractivity contribution in [3.8, 4) is 0 Å². The molecule has 6 nitrogen and oxygen atoms in total. The third kappa shape index (κ3) is 2.81. The second kappa shape index (κ2) is 6.86. The maximum atomic E-state index is 13.1. The molecule has 0 heterocycles. The van der Waals surface area contributed by atoms with Crippen LogP contribution in [0.15, 0.2) is 23.3 Å². The lowest BCUT2D eigenvalue weighted by Crippen LogP contribution is -2.61. The zero-order valence-corrected chi connectivity index (χ0v) is 20.2. The number of carbonyl (C=O) groups is 3. The molecule has 0 aromatic heterocycles. The summed E-state index contributed by atoms with van der Waals surface area (Å²) in [5, 5.41) is 24.0. The number of esters is 1. The number of hydrogen-bond donors (Lipinski definition) is 2. The minimum absolute atomic E-state index is 0.0291. The Morgan fingerprint density at radius 2 is 1.84 bits per heavy atom. The first kappa shape index (κ1) is 23.4. The van der Waals surface area contributed by atoms with Crippen molar-refractivity contribution in [1.82, 2.24) is 0 Å². The average Bonchev–Trinajstić information content (AvgIpc) is 3.06. The van der Waals surface area contributed by atoms with E-state index in [0.29, 0.717) is 17.6 Å². The highest BCUT2D eigenvalue weighted by Crippen LogP contribution is 2.76. The fourth-order valence-corrected chi connectivity index (χ4v) is 7.23. The van der Waals surface area contributed by atoms with Crippen molar-refractivity contribution < 1.29 is 29.3 Å². The van der Waals surface area contributed by atoms with Crippen molar-refractivity contribution in [3.63, 3.8) is 0 Å². The Balaban J connectivity index is 1.87. The highest BCUT2D eigenvalue weighted by atomic mass is 16.6. The first-order valence-electron chi connectivity index (χ1n) is 11.7. The van der Waals surface area contributed by atoms with Crippen LogP contribution in [0.5, 0.6) is 0 Å². The molecular formula is C26H36O6. The van der Waals surface area contributed by atoms with E-state index in [1.807, 2.05) is 13.0 Å². The molecule has 32 heavy (non-hydrogen) atoms. The van der Waals surface area contributed by atoms with Gasteiger partial charge in [-0.2, -0.15) is 0 Å². The number of carbonyl (C=O) groups excluding carboxylic acids is 3. The molecule has 4 rings (SSSR count). The first-order chi connectivity index (χ1) is 14.6. The summed E-state index contributed by atoms with van der Waals surface area (Å²) in [5.41, 5.74) is -3.15. The number of hydrogen-bond acceptors (Lipinski definition) is 6. The van der Waals surface area contributed by atoms with Gasteiger partial charge in [0.1, 0.15) is 17.0 Å². The molecule has 0 saturated heterocycles. The van der Waals surface area contributed by atoms with Crippen molar-refractivity contribution in [2.24, 2.45) is 35.0 Å². The van der Waals surface area contributed by atoms with E-state index < -0.39 is 28.6 Å². The van der Waals surface area contributed by atoms with Crippen LogP contribution in [0.25, 0.3) is 0 Å². The first-order valence-corrected chi connectivity index (χ1v) is 11.7. The second-order valence-electron chi connectivity index (χ2n) is 11.6. The number of aliphatic hydroxyl groups is 2. The van der Waals surface area contributed by atoms with Gasteiger partial charge in [-0.1, -0.05) is 52.3 Å². The summed E-state index contributed by atoms with van der Waals surface area (Å²) in [6, 6.07) is 0. The second-order valence-corrected chi connectivity index (χ2v) is 11.6. The molecule has 0 aromatic rings. The summed E-state index contributed by atoms with van der Waals surface area (Å²) in [6.07, 6.45) is 4.25. The maximum absolute atomic E-state index is 13.1. The summed E-state index contributed by atoms with van der Waals surface area (Å²) >= 11 is 0. The van der Waals surface area contributed by atoms with E-state index in [1.54, 1.807) is 26.8 Å². The minimum atomic E-state index is -1.77. The van der Waals surface area contributed by atoms with E-state index in [2.05, 4.69) is 13.8 Å². The Morgan fingerprint density at radius 3 is 2.41 bits per heavy atom. The minimum Gasteiger partial charge on any atom is -0.458 e. The molecular weight excluding hydrogens is 408 g/mol. The average molecular weight is 445 g/mol. The molecule has 0 aromatic carbocycles. The largest absolute Gasteiger partial charge is 0.458 e. The number of ketones is 2. The van der Waals surface area contributed by atoms with Crippen molar-refractivity contribution in [3.05, 3.63) is 23.3 Å². The number of Topliss-reactive ketones (excluding diaryl/α,β-unsaturated/α-hetero) is 2. The summed E-state index contributed by atoms with van der Waals surface area (Å²) in [4.78, 5) is 37.7. The normalized spacial score (nSPS) is 44.0. The zero-order valence-electron chi connectivity index (χ0n) is 20.2. The number of rotatable bonds is 4. The summed E-state index contributed by atoms with van der Waals surface area (Å²) in [6.45, 7) is 12.8. The van der Waals surface area contributed by atoms with Gasteiger partial charge in [0.15, 0.2) is 5.78 Å². The van der Waals surface area contributed by atoms with Crippen LogP contribution in [-0.2, 0) is 19.1 Å². The van der Waals surface area contributed by atoms with E-state index in [0.717, 1.165) is 0 Å². The highest BCUT2D eigenvalue weighted by Gasteiger charge is 2.83. The van der Waals surface area contributed by atoms with Gasteiger partial charge in [0.2, 0.25) is 0 Å². The Morgan fingerprint density at radius 1 is 1.22 bits per heavy atom. The van der Waals surface area contributed by atoms with Crippen molar-refractivity contribution in [1.29, 1.82) is 0 Å². The fraction of sp³-hybridized carbons (Fsp3) is 0.731. The van der Waals surface area contributed by atoms with Crippen LogP contribution in [0.3, 0.4) is 0 Å². The van der Waals surface area contributed by atoms with Gasteiger partial charge in [-0.3, -0.25) is 14.4 Å². The van der Waals surface area contributed by atoms with Gasteiger partial charge >= 0.3 is 5.97 Å². The Labute approximate surface area is 190 Å². The molecule has 0 aliphatic heterocycles. The van der Waals surface area contributed by atoms with Gasteiger partial charge in [-0.25, -0.2) is 0 Å². The third-order valence-corrected chi connectivity index (χ3v) is 8.90. The standard InChI is InChI=1S/C26H36O6/c1-13(2)22(29)32-25-11-15(4)26(31)18(20(25)23(25,6)7)10-17(9-16(5)27)12-24(30)19(26)8-14(3)21(24)28/h8,10,13,15,18-20,30-31H,9,11-12H2,1-7H3/t15-,18+,19-,20-,24-,25+,26-/m1/s1. The van der Waals surface area contributed by atoms with Crippen LogP contribution in [0.4, 0.5) is 0 Å². The van der Waals surface area contributed by atoms with Gasteiger partial charge in [0.05, 0.1) is 11.5 Å². The monoisotopic (exact) mass is 444 g/mol. The van der Waals surface area contributed by atoms with Gasteiger partial charge in [0, 0.05) is 36.0 Å². The molecule has 2 saturated carbocycles. The van der Waals surface area contributed by atoms with Crippen LogP contribution >= 0.6 is 0 Å². The van der Waals surface area contributed by atoms with E-state index in [-0.39, 0.29) is 53.5 Å². The Hall–Kier alpha value is -1.79. The maximum Gasteiger partial charge on any atom is 0.308 e. The summed E-state index contributed by atoms with van der Waals surface area (Å²) in [7, 11) is 0. The quantitative estimate of drug-likeness (QED) is 0.510. The van der Waals surface area contributed by atoms with Gasteiger partial charge in [0.25, 0.3) is 0 Å². The molecule has 7 atom stereocenters. The highest BCUT2D eigenvalue weighted by molar-refractivity contribution is 6.05. The van der Waals surface area contributed by atoms with E-state index in [1.165, 1.54) is 6.92 Å². The van der Waals surface area contributed by atoms with Crippen molar-refractivity contribution in [2.45, 2.75) is 84.5 Å². The van der Waals surface area contributed by atoms with Crippen molar-refractivity contribution in [2.75, 3.05) is 0 Å². The predicted molar refractivity (Wildman–Crippen MR) is 118 cm³/mol. The lowest BCUT2D eigenvalue weighted by molar-refractivity contribution is -0.188. The van der Waals surface area contributed by atoms with E-state index >= 15 is 0 Å². The van der Waals surface area contributed by atoms with Gasteiger partial charge in [-0.05, 0) is 31.8 Å².